The zero-order chi connectivity index (χ0) is 25.1. The standard InChI is InChI=1S/C32H54O3/c1-30-18-15-26(33)23-25(30)22-24(14-12-10-8-6-5-7-9-11-13-21-35-4)29-27(30)16-19-31(2)28(29)17-20-32(31,3)34/h23-24,27-29,34H,5-22H2,1-4H3/t24?,27-,28+,29-,30+,31+,32?/m1/s1. The highest BCUT2D eigenvalue weighted by Crippen LogP contribution is 2.69. The molecule has 200 valence electrons. The molecule has 0 aliphatic heterocycles. The summed E-state index contributed by atoms with van der Waals surface area (Å²) in [7, 11) is 1.79. The quantitative estimate of drug-likeness (QED) is 0.284. The Labute approximate surface area is 215 Å². The molecule has 0 spiro atoms. The van der Waals surface area contributed by atoms with Gasteiger partial charge in [-0.1, -0.05) is 70.8 Å². The summed E-state index contributed by atoms with van der Waals surface area (Å²) in [5.41, 5.74) is 1.25. The van der Waals surface area contributed by atoms with Crippen LogP contribution >= 0.6 is 0 Å². The average Bonchev–Trinajstić information content (AvgIpc) is 3.07. The number of carbonyl (C=O) groups is 1. The third kappa shape index (κ3) is 5.47. The van der Waals surface area contributed by atoms with Crippen LogP contribution in [0.5, 0.6) is 0 Å². The molecule has 0 aromatic carbocycles. The second-order valence-corrected chi connectivity index (χ2v) is 13.5. The predicted octanol–water partition coefficient (Wildman–Crippen LogP) is 8.04. The van der Waals surface area contributed by atoms with Gasteiger partial charge in [0.2, 0.25) is 0 Å². The van der Waals surface area contributed by atoms with Crippen molar-refractivity contribution >= 4 is 5.78 Å². The Morgan fingerprint density at radius 1 is 0.886 bits per heavy atom. The van der Waals surface area contributed by atoms with Gasteiger partial charge in [-0.25, -0.2) is 0 Å². The average molecular weight is 487 g/mol. The lowest BCUT2D eigenvalue weighted by Gasteiger charge is -2.61. The maximum atomic E-state index is 12.4. The molecular formula is C32H54O3. The molecule has 7 atom stereocenters. The third-order valence-corrected chi connectivity index (χ3v) is 11.6. The van der Waals surface area contributed by atoms with Crippen LogP contribution in [0.4, 0.5) is 0 Å². The summed E-state index contributed by atoms with van der Waals surface area (Å²) in [4.78, 5) is 12.4. The van der Waals surface area contributed by atoms with Gasteiger partial charge in [-0.2, -0.15) is 0 Å². The fourth-order valence-corrected chi connectivity index (χ4v) is 9.13. The molecule has 3 saturated carbocycles. The van der Waals surface area contributed by atoms with Crippen molar-refractivity contribution in [2.24, 2.45) is 34.5 Å². The van der Waals surface area contributed by atoms with Crippen molar-refractivity contribution in [1.82, 2.24) is 0 Å². The first-order valence-electron chi connectivity index (χ1n) is 15.2. The minimum absolute atomic E-state index is 0.0672. The van der Waals surface area contributed by atoms with E-state index in [0.29, 0.717) is 23.5 Å². The summed E-state index contributed by atoms with van der Waals surface area (Å²) in [6, 6.07) is 0. The maximum Gasteiger partial charge on any atom is 0.155 e. The highest BCUT2D eigenvalue weighted by atomic mass is 16.5. The van der Waals surface area contributed by atoms with E-state index in [1.165, 1.54) is 82.6 Å². The van der Waals surface area contributed by atoms with Crippen LogP contribution < -0.4 is 0 Å². The van der Waals surface area contributed by atoms with Crippen LogP contribution in [0.2, 0.25) is 0 Å². The SMILES string of the molecule is COCCCCCCCCCCCC1CC2=CC(=O)CC[C@]2(C)[C@@H]2CC[C@@]3(C)[C@@H](CCC3(C)O)[C@H]12. The number of ether oxygens (including phenoxy) is 1. The number of methoxy groups -OCH3 is 1. The number of rotatable bonds is 12. The van der Waals surface area contributed by atoms with Crippen molar-refractivity contribution in [3.8, 4) is 0 Å². The van der Waals surface area contributed by atoms with Gasteiger partial charge in [0, 0.05) is 20.1 Å². The molecule has 0 bridgehead atoms. The first-order valence-corrected chi connectivity index (χ1v) is 15.2. The van der Waals surface area contributed by atoms with Gasteiger partial charge in [-0.15, -0.1) is 0 Å². The molecule has 3 fully saturated rings. The summed E-state index contributed by atoms with van der Waals surface area (Å²) >= 11 is 0. The summed E-state index contributed by atoms with van der Waals surface area (Å²) < 4.78 is 5.14. The molecule has 2 unspecified atom stereocenters. The van der Waals surface area contributed by atoms with Gasteiger partial charge in [0.25, 0.3) is 0 Å². The second kappa shape index (κ2) is 11.4. The van der Waals surface area contributed by atoms with E-state index >= 15 is 0 Å². The molecule has 4 aliphatic rings. The molecule has 3 nitrogen and oxygen atoms in total. The van der Waals surface area contributed by atoms with Gasteiger partial charge in [0.05, 0.1) is 5.60 Å². The number of allylic oxidation sites excluding steroid dienone is 1. The summed E-state index contributed by atoms with van der Waals surface area (Å²) in [5.74, 6) is 3.14. The fraction of sp³-hybridized carbons (Fsp3) is 0.906. The zero-order valence-corrected chi connectivity index (χ0v) is 23.4. The monoisotopic (exact) mass is 486 g/mol. The molecule has 3 heteroatoms. The van der Waals surface area contributed by atoms with Crippen molar-refractivity contribution in [1.29, 1.82) is 0 Å². The number of aliphatic hydroxyl groups is 1. The molecule has 4 aliphatic carbocycles. The van der Waals surface area contributed by atoms with Crippen molar-refractivity contribution in [3.05, 3.63) is 11.6 Å². The number of hydrogen-bond donors (Lipinski definition) is 1. The van der Waals surface area contributed by atoms with Gasteiger partial charge >= 0.3 is 0 Å². The van der Waals surface area contributed by atoms with Gasteiger partial charge in [-0.3, -0.25) is 4.79 Å². The molecular weight excluding hydrogens is 432 g/mol. The van der Waals surface area contributed by atoms with Crippen LogP contribution in [-0.2, 0) is 9.53 Å². The van der Waals surface area contributed by atoms with E-state index in [1.807, 2.05) is 0 Å². The van der Waals surface area contributed by atoms with E-state index < -0.39 is 5.60 Å². The highest BCUT2D eigenvalue weighted by Gasteiger charge is 2.64. The van der Waals surface area contributed by atoms with Crippen molar-refractivity contribution in [3.63, 3.8) is 0 Å². The number of fused-ring (bicyclic) bond motifs is 5. The van der Waals surface area contributed by atoms with Crippen molar-refractivity contribution in [2.45, 2.75) is 136 Å². The Bertz CT molecular complexity index is 754. The lowest BCUT2D eigenvalue weighted by Crippen LogP contribution is -2.56. The van der Waals surface area contributed by atoms with E-state index in [0.717, 1.165) is 44.6 Å². The lowest BCUT2D eigenvalue weighted by molar-refractivity contribution is -0.135. The Hall–Kier alpha value is -0.670. The van der Waals surface area contributed by atoms with Crippen molar-refractivity contribution < 1.29 is 14.6 Å². The molecule has 0 radical (unpaired) electrons. The van der Waals surface area contributed by atoms with Crippen LogP contribution in [0.15, 0.2) is 11.6 Å². The van der Waals surface area contributed by atoms with Crippen LogP contribution in [0.25, 0.3) is 0 Å². The molecule has 0 aromatic heterocycles. The zero-order valence-electron chi connectivity index (χ0n) is 23.4. The number of carbonyl (C=O) groups excluding carboxylic acids is 1. The Morgan fingerprint density at radius 2 is 1.51 bits per heavy atom. The number of hydrogen-bond acceptors (Lipinski definition) is 3. The normalized spacial score (nSPS) is 40.7. The smallest absolute Gasteiger partial charge is 0.155 e. The van der Waals surface area contributed by atoms with E-state index in [9.17, 15) is 9.90 Å². The van der Waals surface area contributed by atoms with E-state index in [-0.39, 0.29) is 10.8 Å². The first-order chi connectivity index (χ1) is 16.7. The molecule has 0 amide bonds. The molecule has 0 heterocycles. The van der Waals surface area contributed by atoms with Crippen molar-refractivity contribution in [2.75, 3.05) is 13.7 Å². The van der Waals surface area contributed by atoms with Gasteiger partial charge in [0.1, 0.15) is 0 Å². The Morgan fingerprint density at radius 3 is 2.20 bits per heavy atom. The summed E-state index contributed by atoms with van der Waals surface area (Å²) in [6.07, 6.45) is 22.9. The summed E-state index contributed by atoms with van der Waals surface area (Å²) in [6.45, 7) is 7.93. The molecule has 0 saturated heterocycles. The largest absolute Gasteiger partial charge is 0.390 e. The lowest BCUT2D eigenvalue weighted by atomic mass is 9.44. The van der Waals surface area contributed by atoms with E-state index in [2.05, 4.69) is 26.8 Å². The van der Waals surface area contributed by atoms with E-state index in [4.69, 9.17) is 4.74 Å². The molecule has 1 N–H and O–H groups in total. The van der Waals surface area contributed by atoms with E-state index in [1.54, 1.807) is 7.11 Å². The topological polar surface area (TPSA) is 46.5 Å². The van der Waals surface area contributed by atoms with Gasteiger partial charge in [-0.05, 0) is 98.9 Å². The Balaban J connectivity index is 1.35. The summed E-state index contributed by atoms with van der Waals surface area (Å²) in [5, 5.41) is 11.4. The molecule has 4 rings (SSSR count). The van der Waals surface area contributed by atoms with Crippen LogP contribution in [-0.4, -0.2) is 30.2 Å². The van der Waals surface area contributed by atoms with Gasteiger partial charge in [0.15, 0.2) is 5.78 Å². The minimum Gasteiger partial charge on any atom is -0.390 e. The Kier molecular flexibility index (Phi) is 8.90. The fourth-order valence-electron chi connectivity index (χ4n) is 9.13. The molecule has 0 aromatic rings. The predicted molar refractivity (Wildman–Crippen MR) is 144 cm³/mol. The molecule has 35 heavy (non-hydrogen) atoms. The van der Waals surface area contributed by atoms with Crippen LogP contribution in [0.1, 0.15) is 130 Å². The first kappa shape index (κ1) is 27.4. The maximum absolute atomic E-state index is 12.4. The number of ketones is 1. The second-order valence-electron chi connectivity index (χ2n) is 13.5. The van der Waals surface area contributed by atoms with Crippen LogP contribution in [0, 0.1) is 34.5 Å². The minimum atomic E-state index is -0.518. The third-order valence-electron chi connectivity index (χ3n) is 11.6. The van der Waals surface area contributed by atoms with Crippen LogP contribution in [0.3, 0.4) is 0 Å². The van der Waals surface area contributed by atoms with Gasteiger partial charge < -0.3 is 9.84 Å². The highest BCUT2D eigenvalue weighted by molar-refractivity contribution is 5.91. The number of unbranched alkanes of at least 4 members (excludes halogenated alkanes) is 8.